The van der Waals surface area contributed by atoms with E-state index in [-0.39, 0.29) is 11.9 Å². The van der Waals surface area contributed by atoms with E-state index in [0.717, 1.165) is 64.1 Å². The first kappa shape index (κ1) is 15.8. The molecule has 4 aliphatic rings. The Labute approximate surface area is 139 Å². The molecule has 2 heterocycles. The molecule has 2 aliphatic heterocycles. The second-order valence-electron chi connectivity index (χ2n) is 7.42. The van der Waals surface area contributed by atoms with E-state index >= 15 is 0 Å². The summed E-state index contributed by atoms with van der Waals surface area (Å²) in [6.45, 7) is 5.50. The van der Waals surface area contributed by atoms with E-state index in [9.17, 15) is 0 Å². The average Bonchev–Trinajstić information content (AvgIpc) is 2.99. The largest absolute Gasteiger partial charge is 0.379 e. The van der Waals surface area contributed by atoms with Gasteiger partial charge in [0.2, 0.25) is 0 Å². The molecule has 0 bridgehead atoms. The minimum Gasteiger partial charge on any atom is -0.379 e. The van der Waals surface area contributed by atoms with Gasteiger partial charge in [-0.2, -0.15) is 0 Å². The maximum Gasteiger partial charge on any atom is 0.168 e. The number of morpholine rings is 1. The van der Waals surface area contributed by atoms with Gasteiger partial charge in [-0.15, -0.1) is 0 Å². The van der Waals surface area contributed by atoms with Crippen LogP contribution in [0.1, 0.15) is 32.1 Å². The molecule has 2 saturated heterocycles. The number of ether oxygens (including phenoxy) is 3. The lowest BCUT2D eigenvalue weighted by Crippen LogP contribution is -2.43. The minimum atomic E-state index is -0.276. The van der Waals surface area contributed by atoms with Crippen molar-refractivity contribution >= 4 is 0 Å². The zero-order chi connectivity index (χ0) is 15.5. The number of nitrogens with zero attached hydrogens (tertiary/aromatic N) is 1. The zero-order valence-electron chi connectivity index (χ0n) is 14.0. The number of hydrogen-bond donors (Lipinski definition) is 0. The molecule has 2 atom stereocenters. The van der Waals surface area contributed by atoms with Crippen LogP contribution in [0.2, 0.25) is 0 Å². The molecular weight excluding hydrogens is 290 g/mol. The summed E-state index contributed by atoms with van der Waals surface area (Å²) in [7, 11) is 0. The topological polar surface area (TPSA) is 30.9 Å². The summed E-state index contributed by atoms with van der Waals surface area (Å²) in [6, 6.07) is 0. The predicted octanol–water partition coefficient (Wildman–Crippen LogP) is 2.75. The van der Waals surface area contributed by atoms with Crippen molar-refractivity contribution in [1.82, 2.24) is 4.90 Å². The van der Waals surface area contributed by atoms with Gasteiger partial charge in [0, 0.05) is 32.5 Å². The molecule has 2 aliphatic carbocycles. The molecule has 4 heteroatoms. The van der Waals surface area contributed by atoms with Crippen molar-refractivity contribution in [3.05, 3.63) is 24.3 Å². The van der Waals surface area contributed by atoms with Crippen molar-refractivity contribution in [3.63, 3.8) is 0 Å². The van der Waals surface area contributed by atoms with Gasteiger partial charge in [-0.25, -0.2) is 0 Å². The molecule has 0 radical (unpaired) electrons. The Morgan fingerprint density at radius 3 is 2.65 bits per heavy atom. The van der Waals surface area contributed by atoms with Gasteiger partial charge >= 0.3 is 0 Å². The summed E-state index contributed by atoms with van der Waals surface area (Å²) in [5, 5.41) is 0. The van der Waals surface area contributed by atoms with Crippen LogP contribution in [-0.2, 0) is 14.2 Å². The van der Waals surface area contributed by atoms with Crippen LogP contribution >= 0.6 is 0 Å². The van der Waals surface area contributed by atoms with Crippen molar-refractivity contribution in [2.45, 2.75) is 44.0 Å². The van der Waals surface area contributed by atoms with E-state index in [1.807, 2.05) is 0 Å². The lowest BCUT2D eigenvalue weighted by atomic mass is 9.75. The van der Waals surface area contributed by atoms with Gasteiger partial charge < -0.3 is 14.2 Å². The maximum absolute atomic E-state index is 6.39. The Morgan fingerprint density at radius 1 is 1.09 bits per heavy atom. The summed E-state index contributed by atoms with van der Waals surface area (Å²) in [5.74, 6) is 1.25. The molecular formula is C19H29NO3. The molecule has 23 heavy (non-hydrogen) atoms. The molecule has 4 rings (SSSR count). The van der Waals surface area contributed by atoms with Crippen molar-refractivity contribution in [2.24, 2.45) is 11.8 Å². The van der Waals surface area contributed by atoms with E-state index in [1.165, 1.54) is 19.3 Å². The highest BCUT2D eigenvalue weighted by molar-refractivity contribution is 5.12. The highest BCUT2D eigenvalue weighted by atomic mass is 16.7. The molecule has 0 amide bonds. The van der Waals surface area contributed by atoms with Crippen molar-refractivity contribution < 1.29 is 14.2 Å². The molecule has 0 aromatic carbocycles. The third kappa shape index (κ3) is 3.71. The number of hydrogen-bond acceptors (Lipinski definition) is 4. The van der Waals surface area contributed by atoms with Gasteiger partial charge in [0.1, 0.15) is 0 Å². The Balaban J connectivity index is 1.26. The van der Waals surface area contributed by atoms with Gasteiger partial charge in [-0.3, -0.25) is 4.90 Å². The summed E-state index contributed by atoms with van der Waals surface area (Å²) >= 11 is 0. The highest BCUT2D eigenvalue weighted by Gasteiger charge is 2.45. The lowest BCUT2D eigenvalue weighted by Gasteiger charge is -2.38. The van der Waals surface area contributed by atoms with E-state index in [1.54, 1.807) is 0 Å². The molecule has 2 unspecified atom stereocenters. The second-order valence-corrected chi connectivity index (χ2v) is 7.42. The Hall–Kier alpha value is -0.680. The normalized spacial score (nSPS) is 41.7. The molecule has 1 spiro atoms. The Kier molecular flexibility index (Phi) is 4.86. The third-order valence-corrected chi connectivity index (χ3v) is 5.89. The number of allylic oxidation sites excluding steroid dienone is 4. The first-order chi connectivity index (χ1) is 11.3. The Morgan fingerprint density at radius 2 is 1.91 bits per heavy atom. The van der Waals surface area contributed by atoms with Gasteiger partial charge in [-0.1, -0.05) is 24.3 Å². The summed E-state index contributed by atoms with van der Waals surface area (Å²) < 4.78 is 18.0. The van der Waals surface area contributed by atoms with Crippen LogP contribution in [0, 0.1) is 11.8 Å². The SMILES string of the molecule is C1=CCC(C2CCC3(CC2)OCC(CN2CCOCC2)O3)C=C1. The van der Waals surface area contributed by atoms with E-state index in [2.05, 4.69) is 29.2 Å². The fraction of sp³-hybridized carbons (Fsp3) is 0.789. The van der Waals surface area contributed by atoms with Crippen LogP contribution in [-0.4, -0.2) is 56.2 Å². The molecule has 0 N–H and O–H groups in total. The standard InChI is InChI=1S/C19H29NO3/c1-2-4-16(5-3-1)17-6-8-19(9-7-17)22-15-18(23-19)14-20-10-12-21-13-11-20/h1-4,16-18H,5-15H2. The smallest absolute Gasteiger partial charge is 0.168 e. The van der Waals surface area contributed by atoms with E-state index in [4.69, 9.17) is 14.2 Å². The van der Waals surface area contributed by atoms with Crippen molar-refractivity contribution in [2.75, 3.05) is 39.5 Å². The maximum atomic E-state index is 6.39. The van der Waals surface area contributed by atoms with E-state index in [0.29, 0.717) is 0 Å². The van der Waals surface area contributed by atoms with Crippen LogP contribution in [0.25, 0.3) is 0 Å². The first-order valence-corrected chi connectivity index (χ1v) is 9.28. The summed E-state index contributed by atoms with van der Waals surface area (Å²) in [5.41, 5.74) is 0. The molecule has 1 saturated carbocycles. The van der Waals surface area contributed by atoms with Crippen molar-refractivity contribution in [3.8, 4) is 0 Å². The van der Waals surface area contributed by atoms with Crippen LogP contribution in [0.4, 0.5) is 0 Å². The van der Waals surface area contributed by atoms with Gasteiger partial charge in [0.15, 0.2) is 5.79 Å². The van der Waals surface area contributed by atoms with Gasteiger partial charge in [0.25, 0.3) is 0 Å². The average molecular weight is 319 g/mol. The van der Waals surface area contributed by atoms with Crippen LogP contribution in [0.3, 0.4) is 0 Å². The lowest BCUT2D eigenvalue weighted by molar-refractivity contribution is -0.195. The molecule has 0 aromatic heterocycles. The second kappa shape index (κ2) is 7.06. The summed E-state index contributed by atoms with van der Waals surface area (Å²) in [4.78, 5) is 2.45. The monoisotopic (exact) mass is 319 g/mol. The zero-order valence-corrected chi connectivity index (χ0v) is 14.0. The van der Waals surface area contributed by atoms with Crippen LogP contribution in [0.15, 0.2) is 24.3 Å². The highest BCUT2D eigenvalue weighted by Crippen LogP contribution is 2.43. The number of rotatable bonds is 3. The molecule has 0 aromatic rings. The third-order valence-electron chi connectivity index (χ3n) is 5.89. The summed E-state index contributed by atoms with van der Waals surface area (Å²) in [6.07, 6.45) is 15.1. The Bertz CT molecular complexity index is 448. The fourth-order valence-electron chi connectivity index (χ4n) is 4.50. The van der Waals surface area contributed by atoms with Crippen molar-refractivity contribution in [1.29, 1.82) is 0 Å². The fourth-order valence-corrected chi connectivity index (χ4v) is 4.50. The minimum absolute atomic E-state index is 0.238. The first-order valence-electron chi connectivity index (χ1n) is 9.28. The van der Waals surface area contributed by atoms with E-state index < -0.39 is 0 Å². The van der Waals surface area contributed by atoms with Gasteiger partial charge in [-0.05, 0) is 31.1 Å². The quantitative estimate of drug-likeness (QED) is 0.800. The molecule has 4 nitrogen and oxygen atoms in total. The molecule has 128 valence electrons. The molecule has 3 fully saturated rings. The predicted molar refractivity (Wildman–Crippen MR) is 89.2 cm³/mol. The van der Waals surface area contributed by atoms with Gasteiger partial charge in [0.05, 0.1) is 25.9 Å². The van der Waals surface area contributed by atoms with Crippen LogP contribution in [0.5, 0.6) is 0 Å². The van der Waals surface area contributed by atoms with Crippen LogP contribution < -0.4 is 0 Å².